The van der Waals surface area contributed by atoms with Crippen molar-refractivity contribution in [1.82, 2.24) is 4.90 Å². The van der Waals surface area contributed by atoms with Crippen LogP contribution in [0.1, 0.15) is 79.1 Å². The molecular formula is C17H32N2. The minimum absolute atomic E-state index is 0.432. The Morgan fingerprint density at radius 2 is 1.63 bits per heavy atom. The SMILES string of the molecule is CC(C)N=C1CCC2CCCCCCC2N1C(C)C. The van der Waals surface area contributed by atoms with Crippen LogP contribution in [0, 0.1) is 5.92 Å². The number of hydrogen-bond acceptors (Lipinski definition) is 1. The number of likely N-dealkylation sites (tertiary alicyclic amines) is 1. The summed E-state index contributed by atoms with van der Waals surface area (Å²) in [6, 6.07) is 1.80. The van der Waals surface area contributed by atoms with E-state index in [-0.39, 0.29) is 0 Å². The number of aliphatic imine (C=N–C) groups is 1. The van der Waals surface area contributed by atoms with Gasteiger partial charge < -0.3 is 4.90 Å². The molecule has 2 aliphatic rings. The molecule has 0 aromatic carbocycles. The molecule has 0 aromatic heterocycles. The lowest BCUT2D eigenvalue weighted by Crippen LogP contribution is -2.52. The van der Waals surface area contributed by atoms with Gasteiger partial charge in [0.1, 0.15) is 0 Å². The number of hydrogen-bond donors (Lipinski definition) is 0. The zero-order valence-electron chi connectivity index (χ0n) is 13.4. The molecular weight excluding hydrogens is 232 g/mol. The zero-order valence-corrected chi connectivity index (χ0v) is 13.4. The average molecular weight is 264 g/mol. The van der Waals surface area contributed by atoms with Crippen molar-refractivity contribution in [3.8, 4) is 0 Å². The van der Waals surface area contributed by atoms with Gasteiger partial charge in [-0.15, -0.1) is 0 Å². The minimum Gasteiger partial charge on any atom is -0.355 e. The van der Waals surface area contributed by atoms with Crippen LogP contribution < -0.4 is 0 Å². The van der Waals surface area contributed by atoms with E-state index >= 15 is 0 Å². The molecule has 2 rings (SSSR count). The van der Waals surface area contributed by atoms with Crippen molar-refractivity contribution < 1.29 is 0 Å². The van der Waals surface area contributed by atoms with Crippen molar-refractivity contribution in [3.05, 3.63) is 0 Å². The minimum atomic E-state index is 0.432. The second-order valence-corrected chi connectivity index (χ2v) is 7.00. The topological polar surface area (TPSA) is 15.6 Å². The molecule has 1 saturated heterocycles. The fourth-order valence-corrected chi connectivity index (χ4v) is 3.99. The third-order valence-corrected chi connectivity index (χ3v) is 4.73. The molecule has 0 aromatic rings. The van der Waals surface area contributed by atoms with E-state index in [0.29, 0.717) is 12.1 Å². The molecule has 1 aliphatic heterocycles. The van der Waals surface area contributed by atoms with E-state index in [4.69, 9.17) is 4.99 Å². The van der Waals surface area contributed by atoms with Crippen LogP contribution in [0.25, 0.3) is 0 Å². The Balaban J connectivity index is 2.19. The first kappa shape index (κ1) is 14.9. The van der Waals surface area contributed by atoms with E-state index in [1.165, 1.54) is 57.2 Å². The Labute approximate surface area is 119 Å². The van der Waals surface area contributed by atoms with E-state index in [2.05, 4.69) is 32.6 Å². The molecule has 0 spiro atoms. The van der Waals surface area contributed by atoms with Gasteiger partial charge in [-0.2, -0.15) is 0 Å². The first-order valence-electron chi connectivity index (χ1n) is 8.44. The highest BCUT2D eigenvalue weighted by molar-refractivity contribution is 5.84. The average Bonchev–Trinajstić information content (AvgIpc) is 2.29. The largest absolute Gasteiger partial charge is 0.355 e. The molecule has 1 aliphatic carbocycles. The standard InChI is InChI=1S/C17H32N2/c1-13(2)18-17-12-11-15-9-7-5-6-8-10-16(15)19(17)14(3)4/h13-16H,5-12H2,1-4H3. The number of nitrogens with zero attached hydrogens (tertiary/aromatic N) is 2. The smallest absolute Gasteiger partial charge is 0.0997 e. The highest BCUT2D eigenvalue weighted by Gasteiger charge is 2.35. The van der Waals surface area contributed by atoms with E-state index in [0.717, 1.165) is 12.0 Å². The van der Waals surface area contributed by atoms with Crippen LogP contribution in [0.15, 0.2) is 4.99 Å². The summed E-state index contributed by atoms with van der Waals surface area (Å²) in [7, 11) is 0. The molecule has 0 radical (unpaired) electrons. The third kappa shape index (κ3) is 3.73. The molecule has 0 bridgehead atoms. The lowest BCUT2D eigenvalue weighted by atomic mass is 9.79. The number of fused-ring (bicyclic) bond motifs is 1. The highest BCUT2D eigenvalue weighted by Crippen LogP contribution is 2.35. The van der Waals surface area contributed by atoms with E-state index in [1.807, 2.05) is 0 Å². The molecule has 110 valence electrons. The number of piperidine rings is 1. The summed E-state index contributed by atoms with van der Waals surface area (Å²) >= 11 is 0. The normalized spacial score (nSPS) is 31.5. The van der Waals surface area contributed by atoms with E-state index in [1.54, 1.807) is 0 Å². The van der Waals surface area contributed by atoms with Crippen LogP contribution in [0.2, 0.25) is 0 Å². The van der Waals surface area contributed by atoms with Gasteiger partial charge in [-0.05, 0) is 52.9 Å². The predicted molar refractivity (Wildman–Crippen MR) is 83.8 cm³/mol. The molecule has 2 unspecified atom stereocenters. The van der Waals surface area contributed by atoms with Gasteiger partial charge in [-0.3, -0.25) is 4.99 Å². The molecule has 2 heteroatoms. The monoisotopic (exact) mass is 264 g/mol. The van der Waals surface area contributed by atoms with Crippen LogP contribution in [-0.4, -0.2) is 28.9 Å². The lowest BCUT2D eigenvalue weighted by Gasteiger charge is -2.47. The lowest BCUT2D eigenvalue weighted by molar-refractivity contribution is 0.129. The maximum absolute atomic E-state index is 4.93. The van der Waals surface area contributed by atoms with Crippen LogP contribution in [0.5, 0.6) is 0 Å². The van der Waals surface area contributed by atoms with E-state index < -0.39 is 0 Å². The van der Waals surface area contributed by atoms with Crippen molar-refractivity contribution >= 4 is 5.84 Å². The summed E-state index contributed by atoms with van der Waals surface area (Å²) in [4.78, 5) is 7.61. The molecule has 1 heterocycles. The summed E-state index contributed by atoms with van der Waals surface area (Å²) in [6.45, 7) is 9.10. The van der Waals surface area contributed by atoms with Gasteiger partial charge in [0, 0.05) is 24.5 Å². The van der Waals surface area contributed by atoms with Crippen molar-refractivity contribution in [3.63, 3.8) is 0 Å². The van der Waals surface area contributed by atoms with Crippen LogP contribution in [0.3, 0.4) is 0 Å². The summed E-state index contributed by atoms with van der Waals surface area (Å²) in [5, 5.41) is 0. The number of amidine groups is 1. The van der Waals surface area contributed by atoms with Crippen molar-refractivity contribution in [2.75, 3.05) is 0 Å². The second kappa shape index (κ2) is 6.76. The Bertz CT molecular complexity index is 306. The molecule has 19 heavy (non-hydrogen) atoms. The van der Waals surface area contributed by atoms with E-state index in [9.17, 15) is 0 Å². The molecule has 2 nitrogen and oxygen atoms in total. The van der Waals surface area contributed by atoms with Gasteiger partial charge in [-0.25, -0.2) is 0 Å². The second-order valence-electron chi connectivity index (χ2n) is 7.00. The summed E-state index contributed by atoms with van der Waals surface area (Å²) in [6.07, 6.45) is 11.2. The molecule has 1 saturated carbocycles. The van der Waals surface area contributed by atoms with Crippen molar-refractivity contribution in [1.29, 1.82) is 0 Å². The maximum atomic E-state index is 4.93. The molecule has 0 amide bonds. The van der Waals surface area contributed by atoms with Gasteiger partial charge >= 0.3 is 0 Å². The Morgan fingerprint density at radius 3 is 2.26 bits per heavy atom. The summed E-state index contributed by atoms with van der Waals surface area (Å²) in [5.41, 5.74) is 0. The van der Waals surface area contributed by atoms with Gasteiger partial charge in [0.25, 0.3) is 0 Å². The third-order valence-electron chi connectivity index (χ3n) is 4.73. The quantitative estimate of drug-likeness (QED) is 0.709. The zero-order chi connectivity index (χ0) is 13.8. The van der Waals surface area contributed by atoms with Gasteiger partial charge in [0.15, 0.2) is 0 Å². The van der Waals surface area contributed by atoms with Gasteiger partial charge in [0.05, 0.1) is 5.84 Å². The molecule has 0 N–H and O–H groups in total. The fourth-order valence-electron chi connectivity index (χ4n) is 3.99. The van der Waals surface area contributed by atoms with Gasteiger partial charge in [0.2, 0.25) is 0 Å². The fraction of sp³-hybridized carbons (Fsp3) is 0.941. The molecule has 2 fully saturated rings. The summed E-state index contributed by atoms with van der Waals surface area (Å²) < 4.78 is 0. The summed E-state index contributed by atoms with van der Waals surface area (Å²) in [5.74, 6) is 2.32. The van der Waals surface area contributed by atoms with Crippen molar-refractivity contribution in [2.24, 2.45) is 10.9 Å². The maximum Gasteiger partial charge on any atom is 0.0997 e. The Kier molecular flexibility index (Phi) is 5.29. The first-order chi connectivity index (χ1) is 9.09. The van der Waals surface area contributed by atoms with Crippen LogP contribution in [0.4, 0.5) is 0 Å². The van der Waals surface area contributed by atoms with Crippen molar-refractivity contribution in [2.45, 2.75) is 97.2 Å². The predicted octanol–water partition coefficient (Wildman–Crippen LogP) is 4.64. The van der Waals surface area contributed by atoms with Crippen LogP contribution in [-0.2, 0) is 0 Å². The van der Waals surface area contributed by atoms with Crippen LogP contribution >= 0.6 is 0 Å². The highest BCUT2D eigenvalue weighted by atomic mass is 15.2. The first-order valence-corrected chi connectivity index (χ1v) is 8.44. The number of rotatable bonds is 2. The Hall–Kier alpha value is -0.530. The van der Waals surface area contributed by atoms with Gasteiger partial charge in [-0.1, -0.05) is 25.7 Å². The Morgan fingerprint density at radius 1 is 0.947 bits per heavy atom. The molecule has 2 atom stereocenters.